The number of likely N-dealkylation sites (tertiary alicyclic amines) is 1. The number of para-hydroxylation sites is 1. The highest BCUT2D eigenvalue weighted by Crippen LogP contribution is 2.47. The van der Waals surface area contributed by atoms with E-state index in [-0.39, 0.29) is 23.5 Å². The number of urea groups is 1. The van der Waals surface area contributed by atoms with E-state index in [0.29, 0.717) is 26.1 Å². The highest BCUT2D eigenvalue weighted by atomic mass is 16.5. The Kier molecular flexibility index (Phi) is 4.84. The van der Waals surface area contributed by atoms with Gasteiger partial charge in [-0.15, -0.1) is 0 Å². The molecule has 1 unspecified atom stereocenters. The largest absolute Gasteiger partial charge is 0.376 e. The van der Waals surface area contributed by atoms with Crippen molar-refractivity contribution in [1.82, 2.24) is 9.80 Å². The van der Waals surface area contributed by atoms with Crippen molar-refractivity contribution in [2.24, 2.45) is 0 Å². The molecule has 3 aliphatic rings. The fraction of sp³-hybridized carbons (Fsp3) is 0.619. The Morgan fingerprint density at radius 1 is 1.26 bits per heavy atom. The van der Waals surface area contributed by atoms with Crippen LogP contribution in [0.1, 0.15) is 37.7 Å². The van der Waals surface area contributed by atoms with Gasteiger partial charge >= 0.3 is 6.03 Å². The van der Waals surface area contributed by atoms with Crippen molar-refractivity contribution in [2.75, 3.05) is 45.2 Å². The highest BCUT2D eigenvalue weighted by molar-refractivity contribution is 5.98. The fourth-order valence-corrected chi connectivity index (χ4v) is 4.82. The smallest absolute Gasteiger partial charge is 0.319 e. The predicted octanol–water partition coefficient (Wildman–Crippen LogP) is 2.62. The van der Waals surface area contributed by atoms with Gasteiger partial charge in [0.15, 0.2) is 0 Å². The van der Waals surface area contributed by atoms with Crippen LogP contribution in [0, 0.1) is 0 Å². The molecular weight excluding hydrogens is 342 g/mol. The molecule has 2 saturated heterocycles. The number of ether oxygens (including phenoxy) is 1. The number of carbonyl (C=O) groups is 2. The zero-order valence-corrected chi connectivity index (χ0v) is 16.3. The van der Waals surface area contributed by atoms with Gasteiger partial charge < -0.3 is 19.4 Å². The molecule has 1 aromatic rings. The first-order valence-corrected chi connectivity index (χ1v) is 9.98. The molecule has 6 nitrogen and oxygen atoms in total. The Labute approximate surface area is 161 Å². The average molecular weight is 371 g/mol. The zero-order chi connectivity index (χ0) is 19.0. The summed E-state index contributed by atoms with van der Waals surface area (Å²) in [5.41, 5.74) is 2.15. The highest BCUT2D eigenvalue weighted by Gasteiger charge is 2.46. The van der Waals surface area contributed by atoms with Gasteiger partial charge in [0, 0.05) is 51.3 Å². The lowest BCUT2D eigenvalue weighted by atomic mass is 9.67. The predicted molar refractivity (Wildman–Crippen MR) is 104 cm³/mol. The van der Waals surface area contributed by atoms with E-state index in [9.17, 15) is 9.59 Å². The van der Waals surface area contributed by atoms with E-state index in [1.165, 1.54) is 5.56 Å². The molecule has 27 heavy (non-hydrogen) atoms. The summed E-state index contributed by atoms with van der Waals surface area (Å²) in [5.74, 6) is 0.191. The lowest BCUT2D eigenvalue weighted by molar-refractivity contribution is -0.121. The van der Waals surface area contributed by atoms with Crippen LogP contribution in [0.25, 0.3) is 0 Å². The number of fused-ring (bicyclic) bond motifs is 2. The molecule has 3 aliphatic heterocycles. The Morgan fingerprint density at radius 2 is 2.00 bits per heavy atom. The first-order valence-electron chi connectivity index (χ1n) is 9.98. The number of hydrogen-bond donors (Lipinski definition) is 0. The van der Waals surface area contributed by atoms with Crippen LogP contribution < -0.4 is 4.90 Å². The van der Waals surface area contributed by atoms with E-state index < -0.39 is 0 Å². The molecular formula is C21H29N3O3. The molecule has 1 atom stereocenters. The minimum Gasteiger partial charge on any atom is -0.376 e. The lowest BCUT2D eigenvalue weighted by Gasteiger charge is -2.47. The van der Waals surface area contributed by atoms with Crippen molar-refractivity contribution in [3.63, 3.8) is 0 Å². The van der Waals surface area contributed by atoms with Crippen LogP contribution in [-0.4, -0.2) is 68.2 Å². The number of nitrogens with zero attached hydrogens (tertiary/aromatic N) is 3. The summed E-state index contributed by atoms with van der Waals surface area (Å²) < 4.78 is 5.78. The Bertz CT molecular complexity index is 719. The molecule has 6 heteroatoms. The van der Waals surface area contributed by atoms with Crippen molar-refractivity contribution < 1.29 is 14.3 Å². The fourth-order valence-electron chi connectivity index (χ4n) is 4.82. The number of benzene rings is 1. The molecule has 0 N–H and O–H groups in total. The minimum atomic E-state index is -0.149. The summed E-state index contributed by atoms with van der Waals surface area (Å²) in [6.45, 7) is 2.85. The molecule has 0 aromatic heterocycles. The summed E-state index contributed by atoms with van der Waals surface area (Å²) in [7, 11) is 3.57. The maximum atomic E-state index is 13.1. The first kappa shape index (κ1) is 18.3. The molecule has 1 spiro atoms. The molecule has 0 radical (unpaired) electrons. The van der Waals surface area contributed by atoms with Crippen LogP contribution >= 0.6 is 0 Å². The molecule has 146 valence electrons. The van der Waals surface area contributed by atoms with Crippen molar-refractivity contribution >= 4 is 17.6 Å². The van der Waals surface area contributed by atoms with E-state index in [4.69, 9.17) is 4.74 Å². The topological polar surface area (TPSA) is 53.1 Å². The number of anilines is 1. The number of piperidine rings is 1. The van der Waals surface area contributed by atoms with Crippen molar-refractivity contribution in [3.05, 3.63) is 29.8 Å². The third-order valence-corrected chi connectivity index (χ3v) is 6.34. The van der Waals surface area contributed by atoms with Crippen molar-refractivity contribution in [1.29, 1.82) is 0 Å². The van der Waals surface area contributed by atoms with E-state index in [0.717, 1.165) is 38.0 Å². The number of hydrogen-bond acceptors (Lipinski definition) is 3. The van der Waals surface area contributed by atoms with E-state index in [2.05, 4.69) is 18.2 Å². The van der Waals surface area contributed by atoms with Gasteiger partial charge in [0.1, 0.15) is 0 Å². The summed E-state index contributed by atoms with van der Waals surface area (Å²) in [5, 5.41) is 0. The summed E-state index contributed by atoms with van der Waals surface area (Å²) >= 11 is 0. The molecule has 0 bridgehead atoms. The maximum absolute atomic E-state index is 13.1. The average Bonchev–Trinajstić information content (AvgIpc) is 3.18. The second-order valence-electron chi connectivity index (χ2n) is 8.28. The van der Waals surface area contributed by atoms with Crippen LogP contribution in [0.3, 0.4) is 0 Å². The van der Waals surface area contributed by atoms with Gasteiger partial charge in [-0.3, -0.25) is 4.79 Å². The van der Waals surface area contributed by atoms with E-state index >= 15 is 0 Å². The van der Waals surface area contributed by atoms with E-state index in [1.807, 2.05) is 15.9 Å². The summed E-state index contributed by atoms with van der Waals surface area (Å²) in [4.78, 5) is 30.9. The van der Waals surface area contributed by atoms with Gasteiger partial charge in [0.2, 0.25) is 5.91 Å². The zero-order valence-electron chi connectivity index (χ0n) is 16.3. The van der Waals surface area contributed by atoms with Gasteiger partial charge in [-0.2, -0.15) is 0 Å². The first-order chi connectivity index (χ1) is 13.0. The Morgan fingerprint density at radius 3 is 2.67 bits per heavy atom. The van der Waals surface area contributed by atoms with Gasteiger partial charge in [-0.1, -0.05) is 18.2 Å². The number of carbonyl (C=O) groups excluding carboxylic acids is 2. The standard InChI is InChI=1S/C21H29N3O3/c1-22(2)20(26)23-11-9-21(10-12-23)14-19(25)24(15-16-6-5-13-27-16)18-8-4-3-7-17(18)21/h3-4,7-8,16H,5-6,9-15H2,1-2H3. The van der Waals surface area contributed by atoms with Gasteiger partial charge in [0.25, 0.3) is 0 Å². The second-order valence-corrected chi connectivity index (χ2v) is 8.28. The van der Waals surface area contributed by atoms with E-state index in [1.54, 1.807) is 19.0 Å². The van der Waals surface area contributed by atoms with Gasteiger partial charge in [-0.05, 0) is 37.3 Å². The van der Waals surface area contributed by atoms with Crippen LogP contribution in [0.4, 0.5) is 10.5 Å². The SMILES string of the molecule is CN(C)C(=O)N1CCC2(CC1)CC(=O)N(CC1CCCO1)c1ccccc12. The lowest BCUT2D eigenvalue weighted by Crippen LogP contribution is -2.53. The minimum absolute atomic E-state index is 0.0558. The van der Waals surface area contributed by atoms with Gasteiger partial charge in [-0.25, -0.2) is 4.79 Å². The summed E-state index contributed by atoms with van der Waals surface area (Å²) in [6, 6.07) is 8.38. The number of rotatable bonds is 2. The molecule has 4 rings (SSSR count). The van der Waals surface area contributed by atoms with Crippen LogP contribution in [-0.2, 0) is 14.9 Å². The van der Waals surface area contributed by atoms with Gasteiger partial charge in [0.05, 0.1) is 12.6 Å². The maximum Gasteiger partial charge on any atom is 0.319 e. The monoisotopic (exact) mass is 371 g/mol. The second kappa shape index (κ2) is 7.15. The molecule has 2 fully saturated rings. The van der Waals surface area contributed by atoms with Crippen LogP contribution in [0.2, 0.25) is 0 Å². The molecule has 1 aromatic carbocycles. The molecule has 0 saturated carbocycles. The van der Waals surface area contributed by atoms with Crippen molar-refractivity contribution in [3.8, 4) is 0 Å². The third-order valence-electron chi connectivity index (χ3n) is 6.34. The molecule has 3 heterocycles. The molecule has 0 aliphatic carbocycles. The summed E-state index contributed by atoms with van der Waals surface area (Å²) in [6.07, 6.45) is 4.45. The van der Waals surface area contributed by atoms with Crippen LogP contribution in [0.15, 0.2) is 24.3 Å². The van der Waals surface area contributed by atoms with Crippen molar-refractivity contribution in [2.45, 2.75) is 43.6 Å². The quantitative estimate of drug-likeness (QED) is 0.803. The molecule has 3 amide bonds. The van der Waals surface area contributed by atoms with Crippen LogP contribution in [0.5, 0.6) is 0 Å². The Hall–Kier alpha value is -2.08. The number of amides is 3. The third kappa shape index (κ3) is 3.31. The Balaban J connectivity index is 1.58. The normalized spacial score (nSPS) is 24.2.